The first-order valence-electron chi connectivity index (χ1n) is 8.60. The van der Waals surface area contributed by atoms with E-state index in [1.54, 1.807) is 55.5 Å². The molecule has 0 radical (unpaired) electrons. The summed E-state index contributed by atoms with van der Waals surface area (Å²) in [6.07, 6.45) is 0. The lowest BCUT2D eigenvalue weighted by molar-refractivity contribution is -0.134. The number of rotatable bonds is 7. The van der Waals surface area contributed by atoms with E-state index in [4.69, 9.17) is 27.9 Å². The standard InChI is InChI=1S/C19H15Cl2N5O3S/c1-2-29-19(28)15(25-23-13-7-3-5-11(20)9-13)17-22-16(27)18(30-17)26-24-14-8-4-6-12(21)10-14/h3-10,23,27H,2H2,1H3/b25-15-,26-24?. The lowest BCUT2D eigenvalue weighted by atomic mass is 10.3. The molecule has 0 aliphatic heterocycles. The van der Waals surface area contributed by atoms with Gasteiger partial charge in [-0.2, -0.15) is 10.1 Å². The van der Waals surface area contributed by atoms with Gasteiger partial charge in [0, 0.05) is 10.0 Å². The van der Waals surface area contributed by atoms with Crippen LogP contribution in [-0.2, 0) is 9.53 Å². The number of thiazole rings is 1. The van der Waals surface area contributed by atoms with Gasteiger partial charge >= 0.3 is 5.97 Å². The van der Waals surface area contributed by atoms with Crippen molar-refractivity contribution in [1.82, 2.24) is 4.98 Å². The number of benzene rings is 2. The van der Waals surface area contributed by atoms with E-state index >= 15 is 0 Å². The van der Waals surface area contributed by atoms with Crippen LogP contribution in [0.1, 0.15) is 11.9 Å². The van der Waals surface area contributed by atoms with Crippen molar-refractivity contribution in [3.05, 3.63) is 63.6 Å². The van der Waals surface area contributed by atoms with Crippen molar-refractivity contribution < 1.29 is 14.6 Å². The highest BCUT2D eigenvalue weighted by Gasteiger charge is 2.22. The molecule has 0 saturated carbocycles. The minimum Gasteiger partial charge on any atom is -0.491 e. The van der Waals surface area contributed by atoms with Crippen LogP contribution in [0.3, 0.4) is 0 Å². The molecule has 0 amide bonds. The van der Waals surface area contributed by atoms with Gasteiger partial charge in [0.25, 0.3) is 5.88 Å². The van der Waals surface area contributed by atoms with Crippen molar-refractivity contribution in [2.45, 2.75) is 6.92 Å². The average molecular weight is 464 g/mol. The molecule has 30 heavy (non-hydrogen) atoms. The maximum Gasteiger partial charge on any atom is 0.361 e. The quantitative estimate of drug-likeness (QED) is 0.194. The summed E-state index contributed by atoms with van der Waals surface area (Å²) in [5.41, 5.74) is 3.67. The van der Waals surface area contributed by atoms with E-state index in [0.717, 1.165) is 11.3 Å². The third-order valence-electron chi connectivity index (χ3n) is 3.45. The lowest BCUT2D eigenvalue weighted by Crippen LogP contribution is -2.20. The maximum absolute atomic E-state index is 12.4. The summed E-state index contributed by atoms with van der Waals surface area (Å²) in [7, 11) is 0. The van der Waals surface area contributed by atoms with E-state index in [2.05, 4.69) is 25.7 Å². The molecule has 0 aliphatic rings. The van der Waals surface area contributed by atoms with Crippen LogP contribution >= 0.6 is 34.5 Å². The molecule has 2 N–H and O–H groups in total. The fraction of sp³-hybridized carbons (Fsp3) is 0.105. The summed E-state index contributed by atoms with van der Waals surface area (Å²) in [4.78, 5) is 16.3. The van der Waals surface area contributed by atoms with Crippen molar-refractivity contribution in [3.8, 4) is 5.88 Å². The number of hydrazone groups is 1. The number of esters is 1. The number of anilines is 1. The Morgan fingerprint density at radius 2 is 1.90 bits per heavy atom. The van der Waals surface area contributed by atoms with Crippen LogP contribution in [-0.4, -0.2) is 28.4 Å². The van der Waals surface area contributed by atoms with Gasteiger partial charge in [0.2, 0.25) is 10.7 Å². The number of nitrogens with zero attached hydrogens (tertiary/aromatic N) is 4. The molecule has 154 valence electrons. The monoisotopic (exact) mass is 463 g/mol. The van der Waals surface area contributed by atoms with Gasteiger partial charge in [0.05, 0.1) is 18.0 Å². The number of hydrogen-bond acceptors (Lipinski definition) is 9. The van der Waals surface area contributed by atoms with Gasteiger partial charge < -0.3 is 9.84 Å². The Bertz CT molecular complexity index is 1120. The van der Waals surface area contributed by atoms with Gasteiger partial charge in [-0.1, -0.05) is 46.7 Å². The van der Waals surface area contributed by atoms with Crippen molar-refractivity contribution in [1.29, 1.82) is 0 Å². The van der Waals surface area contributed by atoms with Crippen molar-refractivity contribution in [2.24, 2.45) is 15.3 Å². The number of halogens is 2. The van der Waals surface area contributed by atoms with Crippen LogP contribution in [0.15, 0.2) is 63.9 Å². The molecule has 2 aromatic carbocycles. The summed E-state index contributed by atoms with van der Waals surface area (Å²) < 4.78 is 5.04. The Morgan fingerprint density at radius 3 is 2.60 bits per heavy atom. The van der Waals surface area contributed by atoms with Crippen LogP contribution < -0.4 is 5.43 Å². The normalized spacial score (nSPS) is 11.6. The Morgan fingerprint density at radius 1 is 1.17 bits per heavy atom. The zero-order chi connectivity index (χ0) is 21.5. The third kappa shape index (κ3) is 5.76. The lowest BCUT2D eigenvalue weighted by Gasteiger charge is -2.05. The fourth-order valence-electron chi connectivity index (χ4n) is 2.17. The van der Waals surface area contributed by atoms with Crippen LogP contribution in [0.5, 0.6) is 5.88 Å². The number of hydrogen-bond donors (Lipinski definition) is 2. The largest absolute Gasteiger partial charge is 0.491 e. The second kappa shape index (κ2) is 10.1. The molecule has 0 aliphatic carbocycles. The number of aromatic nitrogens is 1. The van der Waals surface area contributed by atoms with E-state index in [9.17, 15) is 9.90 Å². The molecule has 11 heteroatoms. The summed E-state index contributed by atoms with van der Waals surface area (Å²) in [6.45, 7) is 1.82. The fourth-order valence-corrected chi connectivity index (χ4v) is 3.30. The SMILES string of the molecule is CCOC(=O)/C(=N\Nc1cccc(Cl)c1)c1nc(O)c(N=Nc2cccc(Cl)c2)s1. The average Bonchev–Trinajstić information content (AvgIpc) is 3.07. The minimum absolute atomic E-state index is 0.102. The highest BCUT2D eigenvalue weighted by atomic mass is 35.5. The van der Waals surface area contributed by atoms with Gasteiger partial charge in [0.1, 0.15) is 0 Å². The summed E-state index contributed by atoms with van der Waals surface area (Å²) in [5, 5.41) is 23.4. The van der Waals surface area contributed by atoms with Gasteiger partial charge in [-0.25, -0.2) is 4.79 Å². The summed E-state index contributed by atoms with van der Waals surface area (Å²) >= 11 is 12.8. The van der Waals surface area contributed by atoms with Crippen molar-refractivity contribution >= 4 is 62.6 Å². The van der Waals surface area contributed by atoms with Crippen LogP contribution in [0.2, 0.25) is 10.0 Å². The van der Waals surface area contributed by atoms with E-state index in [0.29, 0.717) is 21.4 Å². The number of carbonyl (C=O) groups excluding carboxylic acids is 1. The van der Waals surface area contributed by atoms with Gasteiger partial charge in [-0.15, -0.1) is 10.2 Å². The molecule has 0 unspecified atom stereocenters. The third-order valence-corrected chi connectivity index (χ3v) is 4.86. The highest BCUT2D eigenvalue weighted by molar-refractivity contribution is 7.18. The molecule has 8 nitrogen and oxygen atoms in total. The Balaban J connectivity index is 1.89. The zero-order valence-electron chi connectivity index (χ0n) is 15.5. The number of ether oxygens (including phenoxy) is 1. The van der Waals surface area contributed by atoms with Crippen LogP contribution in [0.4, 0.5) is 16.4 Å². The second-order valence-corrected chi connectivity index (χ2v) is 7.48. The van der Waals surface area contributed by atoms with E-state index < -0.39 is 5.97 Å². The second-order valence-electron chi connectivity index (χ2n) is 5.63. The molecule has 1 aromatic heterocycles. The molecule has 3 aromatic rings. The number of nitrogens with one attached hydrogen (secondary N) is 1. The van der Waals surface area contributed by atoms with Gasteiger partial charge in [0.15, 0.2) is 5.01 Å². The Labute approximate surface area is 185 Å². The predicted octanol–water partition coefficient (Wildman–Crippen LogP) is 5.95. The van der Waals surface area contributed by atoms with E-state index in [1.165, 1.54) is 0 Å². The molecular formula is C19H15Cl2N5O3S. The van der Waals surface area contributed by atoms with Crippen LogP contribution in [0.25, 0.3) is 0 Å². The number of azo groups is 1. The van der Waals surface area contributed by atoms with E-state index in [1.807, 2.05) is 0 Å². The maximum atomic E-state index is 12.4. The summed E-state index contributed by atoms with van der Waals surface area (Å²) in [5.74, 6) is -1.10. The first kappa shape index (κ1) is 21.7. The molecule has 0 fully saturated rings. The van der Waals surface area contributed by atoms with E-state index in [-0.39, 0.29) is 28.2 Å². The molecule has 0 atom stereocenters. The Hall–Kier alpha value is -3.01. The molecular weight excluding hydrogens is 449 g/mol. The molecule has 3 rings (SSSR count). The van der Waals surface area contributed by atoms with Gasteiger partial charge in [-0.05, 0) is 43.3 Å². The minimum atomic E-state index is -0.709. The van der Waals surface area contributed by atoms with Crippen LogP contribution in [0, 0.1) is 0 Å². The molecule has 0 spiro atoms. The first-order chi connectivity index (χ1) is 14.5. The molecule has 0 bridgehead atoms. The number of carbonyl (C=O) groups is 1. The molecule has 0 saturated heterocycles. The number of aromatic hydroxyl groups is 1. The smallest absolute Gasteiger partial charge is 0.361 e. The highest BCUT2D eigenvalue weighted by Crippen LogP contribution is 2.35. The molecule has 1 heterocycles. The first-order valence-corrected chi connectivity index (χ1v) is 10.2. The topological polar surface area (TPSA) is 109 Å². The predicted molar refractivity (Wildman–Crippen MR) is 118 cm³/mol. The van der Waals surface area contributed by atoms with Gasteiger partial charge in [-0.3, -0.25) is 5.43 Å². The zero-order valence-corrected chi connectivity index (χ0v) is 17.9. The van der Waals surface area contributed by atoms with Crippen molar-refractivity contribution in [3.63, 3.8) is 0 Å². The van der Waals surface area contributed by atoms with Crippen molar-refractivity contribution in [2.75, 3.05) is 12.0 Å². The summed E-state index contributed by atoms with van der Waals surface area (Å²) in [6, 6.07) is 13.5. The Kier molecular flexibility index (Phi) is 7.34.